The molecular weight excluding hydrogens is 543 g/mol. The summed E-state index contributed by atoms with van der Waals surface area (Å²) in [6.07, 6.45) is 1.10. The van der Waals surface area contributed by atoms with Gasteiger partial charge in [0.2, 0.25) is 0 Å². The van der Waals surface area contributed by atoms with E-state index in [2.05, 4.69) is 52.0 Å². The minimum absolute atomic E-state index is 0. The quantitative estimate of drug-likeness (QED) is 0.241. The lowest BCUT2D eigenvalue weighted by molar-refractivity contribution is 0.254. The molecule has 0 aliphatic carbocycles. The molecule has 1 unspecified atom stereocenters. The Morgan fingerprint density at radius 2 is 1.94 bits per heavy atom. The number of ether oxygens (including phenoxy) is 2. The van der Waals surface area contributed by atoms with Crippen molar-refractivity contribution in [2.24, 2.45) is 12.0 Å². The van der Waals surface area contributed by atoms with E-state index >= 15 is 0 Å². The molecule has 4 rings (SSSR count). The smallest absolute Gasteiger partial charge is 0.192 e. The predicted molar refractivity (Wildman–Crippen MR) is 144 cm³/mol. The van der Waals surface area contributed by atoms with E-state index < -0.39 is 0 Å². The zero-order valence-electron chi connectivity index (χ0n) is 20.2. The van der Waals surface area contributed by atoms with Crippen molar-refractivity contribution >= 4 is 29.9 Å². The van der Waals surface area contributed by atoms with Crippen molar-refractivity contribution in [3.8, 4) is 11.5 Å². The molecule has 0 saturated carbocycles. The molecule has 9 heteroatoms. The first-order valence-corrected chi connectivity index (χ1v) is 11.4. The molecule has 2 heterocycles. The first-order chi connectivity index (χ1) is 16.0. The summed E-state index contributed by atoms with van der Waals surface area (Å²) in [6, 6.07) is 14.4. The van der Waals surface area contributed by atoms with Crippen molar-refractivity contribution in [1.29, 1.82) is 0 Å². The summed E-state index contributed by atoms with van der Waals surface area (Å²) in [5.41, 5.74) is 3.37. The van der Waals surface area contributed by atoms with E-state index in [1.54, 1.807) is 0 Å². The van der Waals surface area contributed by atoms with Crippen LogP contribution in [-0.4, -0.2) is 33.4 Å². The van der Waals surface area contributed by atoms with Crippen molar-refractivity contribution in [2.75, 3.05) is 6.61 Å². The molecular formula is C25H33IN6O2. The Morgan fingerprint density at radius 3 is 2.65 bits per heavy atom. The van der Waals surface area contributed by atoms with Gasteiger partial charge in [-0.2, -0.15) is 0 Å². The predicted octanol–water partition coefficient (Wildman–Crippen LogP) is 3.90. The van der Waals surface area contributed by atoms with E-state index in [0.29, 0.717) is 32.2 Å². The van der Waals surface area contributed by atoms with E-state index in [4.69, 9.17) is 14.5 Å². The summed E-state index contributed by atoms with van der Waals surface area (Å²) in [4.78, 5) is 4.79. The molecule has 182 valence electrons. The van der Waals surface area contributed by atoms with E-state index in [9.17, 15) is 0 Å². The minimum atomic E-state index is 0. The molecule has 1 atom stereocenters. The minimum Gasteiger partial charge on any atom is -0.494 e. The van der Waals surface area contributed by atoms with Gasteiger partial charge >= 0.3 is 0 Å². The van der Waals surface area contributed by atoms with E-state index in [0.717, 1.165) is 40.7 Å². The number of aliphatic imine (C=N–C) groups is 1. The lowest BCUT2D eigenvalue weighted by Gasteiger charge is -2.16. The summed E-state index contributed by atoms with van der Waals surface area (Å²) < 4.78 is 13.9. The number of rotatable bonds is 8. The molecule has 2 aromatic carbocycles. The van der Waals surface area contributed by atoms with E-state index in [-0.39, 0.29) is 30.1 Å². The van der Waals surface area contributed by atoms with Crippen molar-refractivity contribution in [3.63, 3.8) is 0 Å². The summed E-state index contributed by atoms with van der Waals surface area (Å²) in [5.74, 6) is 4.23. The molecule has 2 N–H and O–H groups in total. The number of guanidine groups is 1. The van der Waals surface area contributed by atoms with Crippen LogP contribution in [0.5, 0.6) is 11.5 Å². The number of hydrogen-bond acceptors (Lipinski definition) is 5. The molecule has 3 aromatic rings. The van der Waals surface area contributed by atoms with Crippen LogP contribution >= 0.6 is 24.0 Å². The van der Waals surface area contributed by atoms with Crippen LogP contribution in [0.2, 0.25) is 0 Å². The molecule has 0 radical (unpaired) electrons. The Balaban J connectivity index is 0.00000324. The molecule has 0 bridgehead atoms. The van der Waals surface area contributed by atoms with E-state index in [1.807, 2.05) is 43.7 Å². The number of benzene rings is 2. The van der Waals surface area contributed by atoms with Crippen molar-refractivity contribution in [3.05, 3.63) is 70.8 Å². The van der Waals surface area contributed by atoms with Crippen LogP contribution < -0.4 is 20.1 Å². The van der Waals surface area contributed by atoms with Gasteiger partial charge < -0.3 is 24.7 Å². The average molecular weight is 576 g/mol. The molecule has 0 fully saturated rings. The van der Waals surface area contributed by atoms with Gasteiger partial charge in [-0.25, -0.2) is 4.99 Å². The van der Waals surface area contributed by atoms with Crippen molar-refractivity contribution < 1.29 is 9.47 Å². The Labute approximate surface area is 218 Å². The number of aryl methyl sites for hydroxylation is 1. The Morgan fingerprint density at radius 1 is 1.18 bits per heavy atom. The molecule has 0 saturated heterocycles. The summed E-state index contributed by atoms with van der Waals surface area (Å²) in [7, 11) is 1.96. The number of halogens is 1. The average Bonchev–Trinajstić information content (AvgIpc) is 3.34. The van der Waals surface area contributed by atoms with Crippen LogP contribution in [0, 0.1) is 6.92 Å². The van der Waals surface area contributed by atoms with Crippen LogP contribution in [0.4, 0.5) is 0 Å². The largest absolute Gasteiger partial charge is 0.494 e. The summed E-state index contributed by atoms with van der Waals surface area (Å²) in [6.45, 7) is 8.27. The topological polar surface area (TPSA) is 85.6 Å². The number of nitrogens with one attached hydrogen (secondary N) is 2. The van der Waals surface area contributed by atoms with Gasteiger partial charge in [0.15, 0.2) is 11.8 Å². The third-order valence-electron chi connectivity index (χ3n) is 5.68. The van der Waals surface area contributed by atoms with Gasteiger partial charge in [0.1, 0.15) is 23.4 Å². The Hall–Kier alpha value is -2.82. The van der Waals surface area contributed by atoms with Gasteiger partial charge in [-0.1, -0.05) is 30.3 Å². The van der Waals surface area contributed by atoms with Gasteiger partial charge in [0, 0.05) is 31.1 Å². The maximum atomic E-state index is 5.97. The van der Waals surface area contributed by atoms with Gasteiger partial charge in [0.25, 0.3) is 0 Å². The highest BCUT2D eigenvalue weighted by molar-refractivity contribution is 14.0. The molecule has 1 aromatic heterocycles. The van der Waals surface area contributed by atoms with Gasteiger partial charge in [-0.05, 0) is 38.5 Å². The fourth-order valence-corrected chi connectivity index (χ4v) is 3.78. The standard InChI is InChI=1S/C25H32N6O2.HI/c1-5-32-22-12-20-11-17(2)33-23(20)13-21(22)15-27-25(26-14-19-9-7-6-8-10-19)28-16-24-30-29-18(3)31(24)4;/h6-10,12-13,17H,5,11,14-16H2,1-4H3,(H2,26,27,28);1H. The molecule has 8 nitrogen and oxygen atoms in total. The van der Waals surface area contributed by atoms with Gasteiger partial charge in [0.05, 0.1) is 19.7 Å². The highest BCUT2D eigenvalue weighted by Crippen LogP contribution is 2.35. The van der Waals surface area contributed by atoms with Crippen molar-refractivity contribution in [1.82, 2.24) is 25.4 Å². The second-order valence-corrected chi connectivity index (χ2v) is 8.21. The first kappa shape index (κ1) is 25.8. The summed E-state index contributed by atoms with van der Waals surface area (Å²) >= 11 is 0. The Kier molecular flexibility index (Phi) is 9.14. The number of nitrogens with zero attached hydrogens (tertiary/aromatic N) is 4. The Bertz CT molecular complexity index is 1120. The number of fused-ring (bicyclic) bond motifs is 1. The first-order valence-electron chi connectivity index (χ1n) is 11.4. The SMILES string of the molecule is CCOc1cc2c(cc1CNC(=NCc1ccccc1)NCc1nnc(C)n1C)OC(C)C2.I. The normalized spacial score (nSPS) is 14.7. The van der Waals surface area contributed by atoms with Crippen molar-refractivity contribution in [2.45, 2.75) is 52.9 Å². The molecule has 1 aliphatic heterocycles. The zero-order valence-corrected chi connectivity index (χ0v) is 22.5. The second-order valence-electron chi connectivity index (χ2n) is 8.21. The lowest BCUT2D eigenvalue weighted by Crippen LogP contribution is -2.37. The lowest BCUT2D eigenvalue weighted by atomic mass is 10.1. The number of hydrogen-bond donors (Lipinski definition) is 2. The van der Waals surface area contributed by atoms with E-state index in [1.165, 1.54) is 5.56 Å². The van der Waals surface area contributed by atoms with Gasteiger partial charge in [-0.15, -0.1) is 34.2 Å². The molecule has 0 amide bonds. The van der Waals surface area contributed by atoms with Crippen LogP contribution in [0.3, 0.4) is 0 Å². The third-order valence-corrected chi connectivity index (χ3v) is 5.68. The maximum absolute atomic E-state index is 5.97. The van der Waals surface area contributed by atoms with Crippen LogP contribution in [0.1, 0.15) is 42.2 Å². The highest BCUT2D eigenvalue weighted by Gasteiger charge is 2.22. The summed E-state index contributed by atoms with van der Waals surface area (Å²) in [5, 5.41) is 15.2. The zero-order chi connectivity index (χ0) is 23.2. The molecule has 34 heavy (non-hydrogen) atoms. The molecule has 0 spiro atoms. The second kappa shape index (κ2) is 12.0. The number of aromatic nitrogens is 3. The molecule has 1 aliphatic rings. The van der Waals surface area contributed by atoms with Crippen LogP contribution in [0.15, 0.2) is 47.5 Å². The fraction of sp³-hybridized carbons (Fsp3) is 0.400. The third kappa shape index (κ3) is 6.40. The fourth-order valence-electron chi connectivity index (χ4n) is 3.78. The van der Waals surface area contributed by atoms with Crippen LogP contribution in [-0.2, 0) is 33.1 Å². The maximum Gasteiger partial charge on any atom is 0.192 e. The highest BCUT2D eigenvalue weighted by atomic mass is 127. The van der Waals surface area contributed by atoms with Gasteiger partial charge in [-0.3, -0.25) is 0 Å². The monoisotopic (exact) mass is 576 g/mol. The van der Waals surface area contributed by atoms with Crippen LogP contribution in [0.25, 0.3) is 0 Å².